The van der Waals surface area contributed by atoms with E-state index in [-0.39, 0.29) is 5.91 Å². The molecule has 1 rings (SSSR count). The van der Waals surface area contributed by atoms with Crippen molar-refractivity contribution in [2.45, 2.75) is 154 Å². The number of aliphatic hydroxyl groups excluding tert-OH is 1. The summed E-state index contributed by atoms with van der Waals surface area (Å²) in [6, 6.07) is 0. The van der Waals surface area contributed by atoms with Crippen LogP contribution in [-0.2, 0) is 4.79 Å². The third-order valence-electron chi connectivity index (χ3n) is 6.93. The Kier molecular flexibility index (Phi) is 19.5. The van der Waals surface area contributed by atoms with Gasteiger partial charge in [-0.25, -0.2) is 0 Å². The zero-order valence-corrected chi connectivity index (χ0v) is 20.4. The van der Waals surface area contributed by atoms with Crippen LogP contribution < -0.4 is 5.32 Å². The molecule has 184 valence electrons. The van der Waals surface area contributed by atoms with Gasteiger partial charge in [-0.1, -0.05) is 109 Å². The molecule has 1 aliphatic rings. The number of amides is 1. The quantitative estimate of drug-likeness (QED) is 0.133. The zero-order valence-electron chi connectivity index (χ0n) is 20.4. The van der Waals surface area contributed by atoms with Crippen molar-refractivity contribution in [2.24, 2.45) is 5.92 Å². The molecule has 0 aromatic carbocycles. The minimum atomic E-state index is -1.12. The van der Waals surface area contributed by atoms with Crippen LogP contribution in [-0.4, -0.2) is 29.0 Å². The monoisotopic (exact) mass is 439 g/mol. The molecule has 1 fully saturated rings. The van der Waals surface area contributed by atoms with Gasteiger partial charge in [0.15, 0.2) is 6.29 Å². The summed E-state index contributed by atoms with van der Waals surface area (Å²) < 4.78 is 0. The molecule has 0 aromatic rings. The van der Waals surface area contributed by atoms with Crippen LogP contribution in [0.4, 0.5) is 0 Å². The van der Waals surface area contributed by atoms with Crippen LogP contribution in [0.25, 0.3) is 0 Å². The van der Waals surface area contributed by atoms with E-state index in [1.54, 1.807) is 0 Å². The summed E-state index contributed by atoms with van der Waals surface area (Å²) in [4.78, 5) is 11.9. The van der Waals surface area contributed by atoms with Crippen molar-refractivity contribution in [2.75, 3.05) is 6.54 Å². The Labute approximate surface area is 193 Å². The summed E-state index contributed by atoms with van der Waals surface area (Å²) in [5.41, 5.74) is 0. The Hall–Kier alpha value is -0.610. The first-order chi connectivity index (χ1) is 15.2. The van der Waals surface area contributed by atoms with Crippen molar-refractivity contribution in [1.82, 2.24) is 5.32 Å². The van der Waals surface area contributed by atoms with E-state index in [0.717, 1.165) is 38.1 Å². The summed E-state index contributed by atoms with van der Waals surface area (Å²) in [7, 11) is 0. The Morgan fingerprint density at radius 2 is 1.06 bits per heavy atom. The van der Waals surface area contributed by atoms with Crippen molar-refractivity contribution in [3.8, 4) is 0 Å². The maximum Gasteiger partial charge on any atom is 0.220 e. The van der Waals surface area contributed by atoms with Crippen LogP contribution in [0.5, 0.6) is 0 Å². The Morgan fingerprint density at radius 1 is 0.645 bits per heavy atom. The zero-order chi connectivity index (χ0) is 22.4. The normalized spacial score (nSPS) is 14.9. The van der Waals surface area contributed by atoms with Crippen molar-refractivity contribution in [3.05, 3.63) is 0 Å². The van der Waals surface area contributed by atoms with E-state index >= 15 is 0 Å². The molecule has 4 heteroatoms. The predicted molar refractivity (Wildman–Crippen MR) is 131 cm³/mol. The van der Waals surface area contributed by atoms with E-state index in [9.17, 15) is 4.79 Å². The molecule has 0 bridgehead atoms. The maximum atomic E-state index is 11.9. The Balaban J connectivity index is 1.70. The minimum Gasteiger partial charge on any atom is -0.368 e. The number of unbranched alkanes of at least 4 members (excludes halogenated alkanes) is 15. The van der Waals surface area contributed by atoms with E-state index in [1.807, 2.05) is 0 Å². The summed E-state index contributed by atoms with van der Waals surface area (Å²) in [6.07, 6.45) is 27.2. The predicted octanol–water partition coefficient (Wildman–Crippen LogP) is 7.02. The van der Waals surface area contributed by atoms with Gasteiger partial charge >= 0.3 is 0 Å². The second-order valence-corrected chi connectivity index (χ2v) is 9.98. The van der Waals surface area contributed by atoms with E-state index in [4.69, 9.17) is 10.2 Å². The van der Waals surface area contributed by atoms with Crippen molar-refractivity contribution >= 4 is 5.91 Å². The maximum absolute atomic E-state index is 11.9. The molecule has 0 aliphatic heterocycles. The summed E-state index contributed by atoms with van der Waals surface area (Å²) in [5, 5.41) is 20.7. The van der Waals surface area contributed by atoms with Gasteiger partial charge in [-0.2, -0.15) is 0 Å². The van der Waals surface area contributed by atoms with Crippen LogP contribution in [0.3, 0.4) is 0 Å². The molecule has 4 nitrogen and oxygen atoms in total. The number of nitrogens with one attached hydrogen (secondary N) is 1. The highest BCUT2D eigenvalue weighted by atomic mass is 16.5. The SMILES string of the molecule is O=C(CCCCCCCCCCCCCCCCCCC(O)O)NCC1CCCCC1. The lowest BCUT2D eigenvalue weighted by Gasteiger charge is -2.21. The van der Waals surface area contributed by atoms with E-state index < -0.39 is 6.29 Å². The highest BCUT2D eigenvalue weighted by Crippen LogP contribution is 2.22. The fourth-order valence-corrected chi connectivity index (χ4v) is 4.83. The molecule has 0 atom stereocenters. The van der Waals surface area contributed by atoms with Gasteiger partial charge in [0.2, 0.25) is 5.91 Å². The number of rotatable bonds is 21. The lowest BCUT2D eigenvalue weighted by molar-refractivity contribution is -0.121. The van der Waals surface area contributed by atoms with E-state index in [0.29, 0.717) is 6.42 Å². The fraction of sp³-hybridized carbons (Fsp3) is 0.963. The first-order valence-electron chi connectivity index (χ1n) is 13.8. The van der Waals surface area contributed by atoms with Gasteiger partial charge in [-0.3, -0.25) is 4.79 Å². The van der Waals surface area contributed by atoms with Crippen LogP contribution in [0.1, 0.15) is 148 Å². The van der Waals surface area contributed by atoms with Crippen molar-refractivity contribution in [1.29, 1.82) is 0 Å². The first-order valence-corrected chi connectivity index (χ1v) is 13.8. The molecular formula is C27H53NO3. The van der Waals surface area contributed by atoms with Crippen molar-refractivity contribution < 1.29 is 15.0 Å². The van der Waals surface area contributed by atoms with Crippen LogP contribution in [0.2, 0.25) is 0 Å². The number of carbonyl (C=O) groups is 1. The number of aliphatic hydroxyl groups is 2. The van der Waals surface area contributed by atoms with Crippen LogP contribution in [0.15, 0.2) is 0 Å². The molecule has 1 amide bonds. The Bertz CT molecular complexity index is 394. The number of carbonyl (C=O) groups excluding carboxylic acids is 1. The summed E-state index contributed by atoms with van der Waals surface area (Å²) in [5.74, 6) is 1.01. The fourth-order valence-electron chi connectivity index (χ4n) is 4.83. The second kappa shape index (κ2) is 21.2. The first kappa shape index (κ1) is 28.4. The van der Waals surface area contributed by atoms with E-state index in [2.05, 4.69) is 5.32 Å². The molecule has 3 N–H and O–H groups in total. The minimum absolute atomic E-state index is 0.270. The van der Waals surface area contributed by atoms with Gasteiger partial charge in [0.05, 0.1) is 0 Å². The molecule has 0 heterocycles. The molecule has 0 saturated heterocycles. The average Bonchev–Trinajstić information content (AvgIpc) is 2.77. The van der Waals surface area contributed by atoms with Gasteiger partial charge < -0.3 is 15.5 Å². The van der Waals surface area contributed by atoms with Crippen LogP contribution in [0, 0.1) is 5.92 Å². The van der Waals surface area contributed by atoms with Gasteiger partial charge in [-0.05, 0) is 38.0 Å². The average molecular weight is 440 g/mol. The smallest absolute Gasteiger partial charge is 0.220 e. The lowest BCUT2D eigenvalue weighted by Crippen LogP contribution is -2.29. The topological polar surface area (TPSA) is 69.6 Å². The van der Waals surface area contributed by atoms with Gasteiger partial charge in [0.1, 0.15) is 0 Å². The van der Waals surface area contributed by atoms with Gasteiger partial charge in [-0.15, -0.1) is 0 Å². The molecule has 0 unspecified atom stereocenters. The molecule has 0 spiro atoms. The molecule has 1 aliphatic carbocycles. The van der Waals surface area contributed by atoms with Gasteiger partial charge in [0.25, 0.3) is 0 Å². The third kappa shape index (κ3) is 19.8. The summed E-state index contributed by atoms with van der Waals surface area (Å²) in [6.45, 7) is 0.913. The Morgan fingerprint density at radius 3 is 1.52 bits per heavy atom. The largest absolute Gasteiger partial charge is 0.368 e. The second-order valence-electron chi connectivity index (χ2n) is 9.98. The number of hydrogen-bond donors (Lipinski definition) is 3. The summed E-state index contributed by atoms with van der Waals surface area (Å²) >= 11 is 0. The lowest BCUT2D eigenvalue weighted by atomic mass is 9.89. The van der Waals surface area contributed by atoms with Crippen LogP contribution >= 0.6 is 0 Å². The van der Waals surface area contributed by atoms with Gasteiger partial charge in [0, 0.05) is 13.0 Å². The highest BCUT2D eigenvalue weighted by Gasteiger charge is 2.13. The van der Waals surface area contributed by atoms with E-state index in [1.165, 1.54) is 116 Å². The molecule has 0 radical (unpaired) electrons. The standard InChI is InChI=1S/C27H53NO3/c29-26(28-24-25-20-16-15-17-21-25)22-18-13-11-9-7-5-3-1-2-4-6-8-10-12-14-19-23-27(30)31/h25,27,30-31H,1-24H2,(H,28,29). The third-order valence-corrected chi connectivity index (χ3v) is 6.93. The molecular weight excluding hydrogens is 386 g/mol. The molecule has 31 heavy (non-hydrogen) atoms. The molecule has 0 aromatic heterocycles. The van der Waals surface area contributed by atoms with Crippen molar-refractivity contribution in [3.63, 3.8) is 0 Å². The number of hydrogen-bond acceptors (Lipinski definition) is 3. The highest BCUT2D eigenvalue weighted by molar-refractivity contribution is 5.75. The molecule has 1 saturated carbocycles.